The Labute approximate surface area is 71.8 Å². The zero-order valence-corrected chi connectivity index (χ0v) is 7.56. The van der Waals surface area contributed by atoms with Crippen molar-refractivity contribution in [3.63, 3.8) is 0 Å². The minimum Gasteiger partial charge on any atom is -0.365 e. The average molecular weight is 168 g/mol. The number of nitrogens with zero attached hydrogens (tertiary/aromatic N) is 1. The SMILES string of the molecule is CC(C)(C)Nc1ccc(F)cn1. The summed E-state index contributed by atoms with van der Waals surface area (Å²) in [6.45, 7) is 6.08. The molecule has 0 bridgehead atoms. The van der Waals surface area contributed by atoms with Crippen LogP contribution in [0.1, 0.15) is 20.8 Å². The van der Waals surface area contributed by atoms with Gasteiger partial charge in [-0.2, -0.15) is 0 Å². The first-order chi connectivity index (χ1) is 5.47. The first kappa shape index (κ1) is 8.97. The van der Waals surface area contributed by atoms with Gasteiger partial charge in [-0.25, -0.2) is 9.37 Å². The molecule has 1 aromatic rings. The van der Waals surface area contributed by atoms with Gasteiger partial charge in [-0.15, -0.1) is 0 Å². The van der Waals surface area contributed by atoms with Gasteiger partial charge >= 0.3 is 0 Å². The highest BCUT2D eigenvalue weighted by Gasteiger charge is 2.09. The fourth-order valence-corrected chi connectivity index (χ4v) is 0.834. The van der Waals surface area contributed by atoms with E-state index in [1.165, 1.54) is 12.3 Å². The standard InChI is InChI=1S/C9H13FN2/c1-9(2,3)12-8-5-4-7(10)6-11-8/h4-6H,1-3H3,(H,11,12). The maximum atomic E-state index is 12.4. The molecule has 1 aromatic heterocycles. The summed E-state index contributed by atoms with van der Waals surface area (Å²) in [5.74, 6) is 0.387. The number of aromatic nitrogens is 1. The van der Waals surface area contributed by atoms with E-state index in [0.717, 1.165) is 0 Å². The summed E-state index contributed by atoms with van der Waals surface area (Å²) >= 11 is 0. The molecule has 1 N–H and O–H groups in total. The van der Waals surface area contributed by atoms with Crippen LogP contribution in [0.25, 0.3) is 0 Å². The van der Waals surface area contributed by atoms with Crippen molar-refractivity contribution in [1.29, 1.82) is 0 Å². The minimum atomic E-state index is -0.311. The minimum absolute atomic E-state index is 0.0369. The van der Waals surface area contributed by atoms with Crippen LogP contribution in [0.15, 0.2) is 18.3 Å². The molecule has 0 spiro atoms. The summed E-state index contributed by atoms with van der Waals surface area (Å²) < 4.78 is 12.4. The number of hydrogen-bond donors (Lipinski definition) is 1. The van der Waals surface area contributed by atoms with Crippen molar-refractivity contribution in [1.82, 2.24) is 4.98 Å². The third-order valence-corrected chi connectivity index (χ3v) is 1.23. The van der Waals surface area contributed by atoms with Gasteiger partial charge < -0.3 is 5.32 Å². The Morgan fingerprint density at radius 2 is 2.00 bits per heavy atom. The highest BCUT2D eigenvalue weighted by atomic mass is 19.1. The summed E-state index contributed by atoms with van der Waals surface area (Å²) in [4.78, 5) is 3.88. The molecule has 0 atom stereocenters. The van der Waals surface area contributed by atoms with Crippen molar-refractivity contribution >= 4 is 5.82 Å². The number of nitrogens with one attached hydrogen (secondary N) is 1. The Kier molecular flexibility index (Phi) is 2.31. The van der Waals surface area contributed by atoms with Crippen molar-refractivity contribution in [2.75, 3.05) is 5.32 Å². The molecule has 0 aliphatic rings. The fraction of sp³-hybridized carbons (Fsp3) is 0.444. The van der Waals surface area contributed by atoms with Crippen LogP contribution in [0, 0.1) is 5.82 Å². The molecule has 12 heavy (non-hydrogen) atoms. The first-order valence-corrected chi connectivity index (χ1v) is 3.87. The molecule has 0 aromatic carbocycles. The average Bonchev–Trinajstić information content (AvgIpc) is 1.91. The Bertz CT molecular complexity index is 248. The predicted molar refractivity (Wildman–Crippen MR) is 47.6 cm³/mol. The Balaban J connectivity index is 2.71. The summed E-state index contributed by atoms with van der Waals surface area (Å²) in [5.41, 5.74) is -0.0369. The second-order valence-corrected chi connectivity index (χ2v) is 3.74. The van der Waals surface area contributed by atoms with Gasteiger partial charge in [-0.1, -0.05) is 0 Å². The van der Waals surface area contributed by atoms with E-state index in [0.29, 0.717) is 5.82 Å². The molecule has 0 radical (unpaired) electrons. The molecule has 0 unspecified atom stereocenters. The molecule has 0 aliphatic carbocycles. The van der Waals surface area contributed by atoms with E-state index in [1.54, 1.807) is 6.07 Å². The number of rotatable bonds is 1. The summed E-state index contributed by atoms with van der Waals surface area (Å²) in [6.07, 6.45) is 1.20. The maximum absolute atomic E-state index is 12.4. The fourth-order valence-electron chi connectivity index (χ4n) is 0.834. The summed E-state index contributed by atoms with van der Waals surface area (Å²) in [5, 5.41) is 3.13. The highest BCUT2D eigenvalue weighted by Crippen LogP contribution is 2.11. The van der Waals surface area contributed by atoms with Gasteiger partial charge in [-0.05, 0) is 32.9 Å². The third-order valence-electron chi connectivity index (χ3n) is 1.23. The van der Waals surface area contributed by atoms with E-state index < -0.39 is 0 Å². The normalized spacial score (nSPS) is 11.3. The van der Waals surface area contributed by atoms with Crippen molar-refractivity contribution < 1.29 is 4.39 Å². The smallest absolute Gasteiger partial charge is 0.141 e. The lowest BCUT2D eigenvalue weighted by Crippen LogP contribution is -2.26. The molecule has 1 heterocycles. The lowest BCUT2D eigenvalue weighted by molar-refractivity contribution is 0.613. The summed E-state index contributed by atoms with van der Waals surface area (Å²) in [6, 6.07) is 3.02. The lowest BCUT2D eigenvalue weighted by Gasteiger charge is -2.20. The van der Waals surface area contributed by atoms with Gasteiger partial charge in [0.2, 0.25) is 0 Å². The maximum Gasteiger partial charge on any atom is 0.141 e. The second kappa shape index (κ2) is 3.09. The van der Waals surface area contributed by atoms with Gasteiger partial charge in [0.1, 0.15) is 11.6 Å². The van der Waals surface area contributed by atoms with Crippen molar-refractivity contribution in [2.24, 2.45) is 0 Å². The number of pyridine rings is 1. The molecule has 0 saturated carbocycles. The van der Waals surface area contributed by atoms with Crippen molar-refractivity contribution in [3.05, 3.63) is 24.1 Å². The summed E-state index contributed by atoms with van der Waals surface area (Å²) in [7, 11) is 0. The van der Waals surface area contributed by atoms with Gasteiger partial charge in [0.25, 0.3) is 0 Å². The molecule has 0 fully saturated rings. The number of anilines is 1. The predicted octanol–water partition coefficient (Wildman–Crippen LogP) is 2.43. The van der Waals surface area contributed by atoms with Crippen LogP contribution in [-0.2, 0) is 0 Å². The Hall–Kier alpha value is -1.12. The molecule has 0 amide bonds. The monoisotopic (exact) mass is 168 g/mol. The van der Waals surface area contributed by atoms with Gasteiger partial charge in [0.05, 0.1) is 6.20 Å². The molecular weight excluding hydrogens is 155 g/mol. The van der Waals surface area contributed by atoms with E-state index in [1.807, 2.05) is 20.8 Å². The molecule has 3 heteroatoms. The van der Waals surface area contributed by atoms with Gasteiger partial charge in [-0.3, -0.25) is 0 Å². The van der Waals surface area contributed by atoms with Crippen LogP contribution >= 0.6 is 0 Å². The zero-order chi connectivity index (χ0) is 9.19. The van der Waals surface area contributed by atoms with Crippen LogP contribution in [0.4, 0.5) is 10.2 Å². The van der Waals surface area contributed by atoms with Crippen LogP contribution in [-0.4, -0.2) is 10.5 Å². The van der Waals surface area contributed by atoms with E-state index in [-0.39, 0.29) is 11.4 Å². The van der Waals surface area contributed by atoms with Gasteiger partial charge in [0.15, 0.2) is 0 Å². The number of halogens is 1. The molecule has 0 aliphatic heterocycles. The van der Waals surface area contributed by atoms with E-state index in [9.17, 15) is 4.39 Å². The third kappa shape index (κ3) is 2.86. The van der Waals surface area contributed by atoms with Gasteiger partial charge in [0, 0.05) is 5.54 Å². The molecular formula is C9H13FN2. The first-order valence-electron chi connectivity index (χ1n) is 3.87. The quantitative estimate of drug-likeness (QED) is 0.696. The van der Waals surface area contributed by atoms with E-state index >= 15 is 0 Å². The zero-order valence-electron chi connectivity index (χ0n) is 7.56. The largest absolute Gasteiger partial charge is 0.365 e. The topological polar surface area (TPSA) is 24.9 Å². The molecule has 0 saturated heterocycles. The Morgan fingerprint density at radius 1 is 1.33 bits per heavy atom. The van der Waals surface area contributed by atoms with Crippen LogP contribution in [0.5, 0.6) is 0 Å². The molecule has 66 valence electrons. The molecule has 1 rings (SSSR count). The highest BCUT2D eigenvalue weighted by molar-refractivity contribution is 5.35. The van der Waals surface area contributed by atoms with Crippen LogP contribution < -0.4 is 5.32 Å². The van der Waals surface area contributed by atoms with Crippen LogP contribution in [0.3, 0.4) is 0 Å². The lowest BCUT2D eigenvalue weighted by atomic mass is 10.1. The second-order valence-electron chi connectivity index (χ2n) is 3.74. The molecule has 2 nitrogen and oxygen atoms in total. The van der Waals surface area contributed by atoms with Crippen molar-refractivity contribution in [3.8, 4) is 0 Å². The number of hydrogen-bond acceptors (Lipinski definition) is 2. The Morgan fingerprint density at radius 3 is 2.42 bits per heavy atom. The van der Waals surface area contributed by atoms with Crippen molar-refractivity contribution in [2.45, 2.75) is 26.3 Å². The van der Waals surface area contributed by atoms with E-state index in [4.69, 9.17) is 0 Å². The van der Waals surface area contributed by atoms with Crippen LogP contribution in [0.2, 0.25) is 0 Å². The van der Waals surface area contributed by atoms with E-state index in [2.05, 4.69) is 10.3 Å².